The highest BCUT2D eigenvalue weighted by Gasteiger charge is 2.15. The number of rotatable bonds is 0. The van der Waals surface area contributed by atoms with Gasteiger partial charge in [0.1, 0.15) is 11.6 Å². The van der Waals surface area contributed by atoms with E-state index < -0.39 is 0 Å². The van der Waals surface area contributed by atoms with Crippen LogP contribution in [0.4, 0.5) is 4.39 Å². The molecule has 0 aliphatic carbocycles. The Balaban J connectivity index is 2.50. The van der Waals surface area contributed by atoms with Gasteiger partial charge in [-0.1, -0.05) is 0 Å². The lowest BCUT2D eigenvalue weighted by Gasteiger charge is -2.07. The molecule has 3 nitrogen and oxygen atoms in total. The molecule has 0 saturated heterocycles. The fraction of sp³-hybridized carbons (Fsp3) is 0.273. The molecule has 0 amide bonds. The number of nitrogens with zero attached hydrogens (tertiary/aromatic N) is 2. The highest BCUT2D eigenvalue weighted by Crippen LogP contribution is 2.18. The third-order valence-corrected chi connectivity index (χ3v) is 2.80. The summed E-state index contributed by atoms with van der Waals surface area (Å²) in [6, 6.07) is 4.30. The zero-order valence-corrected chi connectivity index (χ0v) is 8.03. The summed E-state index contributed by atoms with van der Waals surface area (Å²) in [5.41, 5.74) is 0.474. The van der Waals surface area contributed by atoms with Crippen molar-refractivity contribution in [2.45, 2.75) is 19.4 Å². The van der Waals surface area contributed by atoms with Crippen molar-refractivity contribution in [3.8, 4) is 0 Å². The molecule has 0 N–H and O–H groups in total. The fourth-order valence-corrected chi connectivity index (χ4v) is 2.13. The van der Waals surface area contributed by atoms with Gasteiger partial charge in [-0.3, -0.25) is 4.79 Å². The standard InChI is InChI=1S/C11H9FN2O/c12-7-3-4-9-8(6-7)11(15)13-10-2-1-5-14(9)10/h3-4,6H,1-2,5H2. The Hall–Kier alpha value is -1.71. The number of aromatic nitrogens is 2. The number of benzene rings is 1. The highest BCUT2D eigenvalue weighted by molar-refractivity contribution is 5.78. The molecule has 1 aromatic carbocycles. The average molecular weight is 204 g/mol. The SMILES string of the molecule is O=c1nc2n(c3ccc(F)cc13)CCC2. The normalized spacial score (nSPS) is 14.5. The Labute approximate surface area is 85.2 Å². The van der Waals surface area contributed by atoms with Crippen LogP contribution < -0.4 is 5.56 Å². The van der Waals surface area contributed by atoms with Gasteiger partial charge in [0, 0.05) is 13.0 Å². The Morgan fingerprint density at radius 3 is 3.13 bits per heavy atom. The monoisotopic (exact) mass is 204 g/mol. The maximum atomic E-state index is 13.0. The van der Waals surface area contributed by atoms with Crippen molar-refractivity contribution in [1.29, 1.82) is 0 Å². The minimum absolute atomic E-state index is 0.322. The van der Waals surface area contributed by atoms with Crippen LogP contribution in [0.15, 0.2) is 23.0 Å². The maximum absolute atomic E-state index is 13.0. The summed E-state index contributed by atoms with van der Waals surface area (Å²) in [5, 5.41) is 0.376. The lowest BCUT2D eigenvalue weighted by atomic mass is 10.2. The smallest absolute Gasteiger partial charge is 0.280 e. The Bertz CT molecular complexity index is 603. The quantitative estimate of drug-likeness (QED) is 0.651. The third kappa shape index (κ3) is 1.17. The van der Waals surface area contributed by atoms with Crippen molar-refractivity contribution in [2.24, 2.45) is 0 Å². The average Bonchev–Trinajstić information content (AvgIpc) is 2.66. The summed E-state index contributed by atoms with van der Waals surface area (Å²) in [6.45, 7) is 0.866. The number of fused-ring (bicyclic) bond motifs is 3. The molecule has 1 aromatic heterocycles. The molecule has 76 valence electrons. The first-order valence-corrected chi connectivity index (χ1v) is 4.95. The van der Waals surface area contributed by atoms with Crippen molar-refractivity contribution in [2.75, 3.05) is 0 Å². The molecule has 0 spiro atoms. The van der Waals surface area contributed by atoms with Crippen LogP contribution in [-0.4, -0.2) is 9.55 Å². The van der Waals surface area contributed by atoms with Gasteiger partial charge in [-0.25, -0.2) is 4.39 Å². The van der Waals surface area contributed by atoms with Gasteiger partial charge >= 0.3 is 0 Å². The maximum Gasteiger partial charge on any atom is 0.280 e. The van der Waals surface area contributed by atoms with Crippen molar-refractivity contribution < 1.29 is 4.39 Å². The summed E-state index contributed by atoms with van der Waals surface area (Å²) in [4.78, 5) is 15.6. The number of halogens is 1. The molecule has 15 heavy (non-hydrogen) atoms. The molecule has 0 atom stereocenters. The van der Waals surface area contributed by atoms with Crippen LogP contribution in [0.2, 0.25) is 0 Å². The van der Waals surface area contributed by atoms with Gasteiger partial charge in [-0.15, -0.1) is 0 Å². The highest BCUT2D eigenvalue weighted by atomic mass is 19.1. The van der Waals surface area contributed by atoms with Crippen molar-refractivity contribution in [3.63, 3.8) is 0 Å². The van der Waals surface area contributed by atoms with E-state index in [0.717, 1.165) is 30.7 Å². The number of hydrogen-bond acceptors (Lipinski definition) is 2. The molecule has 0 unspecified atom stereocenters. The predicted molar refractivity (Wildman–Crippen MR) is 54.3 cm³/mol. The van der Waals surface area contributed by atoms with Gasteiger partial charge in [-0.05, 0) is 24.6 Å². The van der Waals surface area contributed by atoms with E-state index in [0.29, 0.717) is 5.39 Å². The molecule has 0 bridgehead atoms. The summed E-state index contributed by atoms with van der Waals surface area (Å²) in [6.07, 6.45) is 1.84. The van der Waals surface area contributed by atoms with Crippen LogP contribution in [0.25, 0.3) is 10.9 Å². The molecular formula is C11H9FN2O. The van der Waals surface area contributed by atoms with E-state index in [4.69, 9.17) is 0 Å². The zero-order chi connectivity index (χ0) is 10.4. The molecule has 4 heteroatoms. The van der Waals surface area contributed by atoms with Crippen LogP contribution in [0, 0.1) is 5.82 Å². The van der Waals surface area contributed by atoms with E-state index in [9.17, 15) is 9.18 Å². The van der Waals surface area contributed by atoms with Crippen LogP contribution in [0.3, 0.4) is 0 Å². The second-order valence-corrected chi connectivity index (χ2v) is 3.75. The first-order valence-electron chi connectivity index (χ1n) is 4.95. The Morgan fingerprint density at radius 1 is 1.40 bits per heavy atom. The topological polar surface area (TPSA) is 34.9 Å². The second-order valence-electron chi connectivity index (χ2n) is 3.75. The number of aryl methyl sites for hydroxylation is 2. The van der Waals surface area contributed by atoms with Gasteiger partial charge in [-0.2, -0.15) is 4.98 Å². The molecule has 1 aliphatic rings. The number of hydrogen-bond donors (Lipinski definition) is 0. The summed E-state index contributed by atoms with van der Waals surface area (Å²) >= 11 is 0. The van der Waals surface area contributed by atoms with Gasteiger partial charge in [0.2, 0.25) is 0 Å². The van der Waals surface area contributed by atoms with Crippen molar-refractivity contribution in [3.05, 3.63) is 40.2 Å². The van der Waals surface area contributed by atoms with Gasteiger partial charge in [0.15, 0.2) is 0 Å². The zero-order valence-electron chi connectivity index (χ0n) is 8.03. The molecule has 1 aliphatic heterocycles. The molecule has 0 radical (unpaired) electrons. The molecule has 0 fully saturated rings. The molecule has 2 aromatic rings. The van der Waals surface area contributed by atoms with E-state index in [-0.39, 0.29) is 11.4 Å². The van der Waals surface area contributed by atoms with E-state index in [1.165, 1.54) is 12.1 Å². The minimum Gasteiger partial charge on any atom is -0.329 e. The summed E-state index contributed by atoms with van der Waals surface area (Å²) in [5.74, 6) is 0.430. The molecular weight excluding hydrogens is 195 g/mol. The molecule has 2 heterocycles. The van der Waals surface area contributed by atoms with Crippen molar-refractivity contribution >= 4 is 10.9 Å². The summed E-state index contributed by atoms with van der Waals surface area (Å²) in [7, 11) is 0. The Kier molecular flexibility index (Phi) is 1.65. The van der Waals surface area contributed by atoms with Crippen LogP contribution in [0.5, 0.6) is 0 Å². The third-order valence-electron chi connectivity index (χ3n) is 2.80. The first kappa shape index (κ1) is 8.59. The fourth-order valence-electron chi connectivity index (χ4n) is 2.13. The largest absolute Gasteiger partial charge is 0.329 e. The van der Waals surface area contributed by atoms with E-state index in [1.807, 2.05) is 4.57 Å². The van der Waals surface area contributed by atoms with E-state index in [1.54, 1.807) is 6.07 Å². The summed E-state index contributed by atoms with van der Waals surface area (Å²) < 4.78 is 15.0. The molecule has 0 saturated carbocycles. The van der Waals surface area contributed by atoms with Crippen molar-refractivity contribution in [1.82, 2.24) is 9.55 Å². The lowest BCUT2D eigenvalue weighted by Crippen LogP contribution is -2.14. The van der Waals surface area contributed by atoms with Crippen LogP contribution in [-0.2, 0) is 13.0 Å². The second kappa shape index (κ2) is 2.89. The minimum atomic E-state index is -0.389. The van der Waals surface area contributed by atoms with Gasteiger partial charge < -0.3 is 4.57 Å². The predicted octanol–water partition coefficient (Wildman–Crippen LogP) is 1.48. The van der Waals surface area contributed by atoms with Crippen LogP contribution in [0.1, 0.15) is 12.2 Å². The first-order chi connectivity index (χ1) is 7.25. The van der Waals surface area contributed by atoms with E-state index >= 15 is 0 Å². The Morgan fingerprint density at radius 2 is 2.27 bits per heavy atom. The van der Waals surface area contributed by atoms with E-state index in [2.05, 4.69) is 4.98 Å². The van der Waals surface area contributed by atoms with Gasteiger partial charge in [0.05, 0.1) is 10.9 Å². The molecule has 3 rings (SSSR count). The lowest BCUT2D eigenvalue weighted by molar-refractivity contribution is 0.628. The van der Waals surface area contributed by atoms with Gasteiger partial charge in [0.25, 0.3) is 5.56 Å². The van der Waals surface area contributed by atoms with Crippen LogP contribution >= 0.6 is 0 Å².